The monoisotopic (exact) mass is 452 g/mol. The molecule has 0 aliphatic rings. The van der Waals surface area contributed by atoms with E-state index in [9.17, 15) is 14.4 Å². The number of amides is 2. The largest absolute Gasteiger partial charge is 0.382 e. The van der Waals surface area contributed by atoms with Crippen LogP contribution in [-0.4, -0.2) is 76.7 Å². The van der Waals surface area contributed by atoms with Gasteiger partial charge in [-0.1, -0.05) is 29.7 Å². The molecule has 0 fully saturated rings. The summed E-state index contributed by atoms with van der Waals surface area (Å²) in [4.78, 5) is 35.7. The van der Waals surface area contributed by atoms with Crippen molar-refractivity contribution in [2.45, 2.75) is 80.8 Å². The van der Waals surface area contributed by atoms with Crippen LogP contribution in [0.2, 0.25) is 0 Å². The lowest BCUT2D eigenvalue weighted by atomic mass is 10.1. The Morgan fingerprint density at radius 1 is 0.935 bits per heavy atom. The molecule has 0 spiro atoms. The summed E-state index contributed by atoms with van der Waals surface area (Å²) in [6.45, 7) is 3.71. The quantitative estimate of drug-likeness (QED) is 0.248. The number of nitrogens with two attached hydrogens (primary N) is 1. The van der Waals surface area contributed by atoms with E-state index < -0.39 is 6.04 Å². The van der Waals surface area contributed by atoms with Crippen LogP contribution in [0.4, 0.5) is 0 Å². The molecule has 0 aliphatic carbocycles. The lowest BCUT2D eigenvalue weighted by Crippen LogP contribution is -2.49. The third kappa shape index (κ3) is 21.5. The molecule has 5 N–H and O–H groups in total. The number of carbonyl (C=O) groups is 3. The van der Waals surface area contributed by atoms with Crippen molar-refractivity contribution in [2.24, 2.45) is 5.73 Å². The molecule has 0 aliphatic heterocycles. The first kappa shape index (κ1) is 39.9. The van der Waals surface area contributed by atoms with E-state index >= 15 is 0 Å². The van der Waals surface area contributed by atoms with Crippen molar-refractivity contribution >= 4 is 17.6 Å². The van der Waals surface area contributed by atoms with Gasteiger partial charge >= 0.3 is 0 Å². The number of ketones is 1. The summed E-state index contributed by atoms with van der Waals surface area (Å²) in [5.41, 5.74) is 5.48. The molecule has 190 valence electrons. The smallest absolute Gasteiger partial charge is 0.237 e. The van der Waals surface area contributed by atoms with Gasteiger partial charge in [0.15, 0.2) is 5.78 Å². The minimum absolute atomic E-state index is 0. The fourth-order valence-electron chi connectivity index (χ4n) is 2.41. The van der Waals surface area contributed by atoms with Crippen LogP contribution in [0.15, 0.2) is 0 Å². The molecule has 31 heavy (non-hydrogen) atoms. The van der Waals surface area contributed by atoms with Gasteiger partial charge in [0.05, 0.1) is 31.9 Å². The van der Waals surface area contributed by atoms with E-state index in [1.807, 2.05) is 0 Å². The lowest BCUT2D eigenvalue weighted by molar-refractivity contribution is -0.128. The Morgan fingerprint density at radius 3 is 2.06 bits per heavy atom. The Kier molecular flexibility index (Phi) is 34.1. The van der Waals surface area contributed by atoms with Gasteiger partial charge in [0.1, 0.15) is 0 Å². The van der Waals surface area contributed by atoms with Crippen molar-refractivity contribution in [3.05, 3.63) is 0 Å². The number of rotatable bonds is 17. The molecule has 0 heterocycles. The number of hydrogen-bond acceptors (Lipinski definition) is 7. The van der Waals surface area contributed by atoms with E-state index in [2.05, 4.69) is 16.0 Å². The van der Waals surface area contributed by atoms with Crippen LogP contribution in [0.25, 0.3) is 0 Å². The highest BCUT2D eigenvalue weighted by Gasteiger charge is 2.22. The average molecular weight is 453 g/mol. The van der Waals surface area contributed by atoms with Crippen molar-refractivity contribution in [1.29, 1.82) is 0 Å². The van der Waals surface area contributed by atoms with Gasteiger partial charge < -0.3 is 31.2 Å². The lowest BCUT2D eigenvalue weighted by Gasteiger charge is -2.21. The van der Waals surface area contributed by atoms with Crippen molar-refractivity contribution < 1.29 is 23.9 Å². The number of nitrogens with one attached hydrogen (secondary N) is 3. The maximum atomic E-state index is 12.3. The third-order valence-corrected chi connectivity index (χ3v) is 4.07. The van der Waals surface area contributed by atoms with Crippen molar-refractivity contribution in [1.82, 2.24) is 16.0 Å². The highest BCUT2D eigenvalue weighted by Crippen LogP contribution is 2.02. The summed E-state index contributed by atoms with van der Waals surface area (Å²) in [6, 6.07) is -0.922. The summed E-state index contributed by atoms with van der Waals surface area (Å²) < 4.78 is 10.1. The molecule has 0 rings (SSSR count). The first-order chi connectivity index (χ1) is 13.0. The maximum absolute atomic E-state index is 12.3. The van der Waals surface area contributed by atoms with Gasteiger partial charge in [0, 0.05) is 20.1 Å². The normalized spacial score (nSPS) is 11.4. The van der Waals surface area contributed by atoms with Crippen LogP contribution < -0.4 is 21.7 Å². The minimum atomic E-state index is -0.555. The molecule has 0 saturated heterocycles. The average Bonchev–Trinajstić information content (AvgIpc) is 2.64. The number of methoxy groups -OCH3 is 1. The van der Waals surface area contributed by atoms with Crippen LogP contribution in [0.1, 0.15) is 68.7 Å². The molecule has 9 nitrogen and oxygen atoms in total. The summed E-state index contributed by atoms with van der Waals surface area (Å²) >= 11 is 0. The predicted molar refractivity (Wildman–Crippen MR) is 130 cm³/mol. The number of ether oxygens (including phenoxy) is 2. The van der Waals surface area contributed by atoms with E-state index in [4.69, 9.17) is 15.2 Å². The zero-order valence-corrected chi connectivity index (χ0v) is 16.8. The molecule has 0 saturated carbocycles. The van der Waals surface area contributed by atoms with Gasteiger partial charge in [-0.05, 0) is 46.2 Å². The number of carbonyl (C=O) groups excluding carboxylic acids is 3. The first-order valence-corrected chi connectivity index (χ1v) is 9.47. The molecule has 2 atom stereocenters. The van der Waals surface area contributed by atoms with Crippen molar-refractivity contribution in [3.8, 4) is 0 Å². The van der Waals surface area contributed by atoms with Crippen LogP contribution in [0, 0.1) is 0 Å². The zero-order valence-electron chi connectivity index (χ0n) is 16.8. The molecular formula is C22H52N4O5. The van der Waals surface area contributed by atoms with Gasteiger partial charge in [-0.15, -0.1) is 0 Å². The Bertz CT molecular complexity index is 436. The highest BCUT2D eigenvalue weighted by atomic mass is 16.5. The summed E-state index contributed by atoms with van der Waals surface area (Å²) in [5, 5.41) is 8.50. The summed E-state index contributed by atoms with van der Waals surface area (Å²) in [7, 11) is 3.30. The van der Waals surface area contributed by atoms with Gasteiger partial charge in [0.25, 0.3) is 0 Å². The van der Waals surface area contributed by atoms with E-state index in [-0.39, 0.29) is 59.8 Å². The van der Waals surface area contributed by atoms with Crippen LogP contribution in [0.5, 0.6) is 0 Å². The first-order valence-electron chi connectivity index (χ1n) is 9.47. The highest BCUT2D eigenvalue weighted by molar-refractivity contribution is 5.89. The Labute approximate surface area is 191 Å². The molecule has 2 amide bonds. The van der Waals surface area contributed by atoms with Gasteiger partial charge in [-0.2, -0.15) is 0 Å². The fourth-order valence-corrected chi connectivity index (χ4v) is 2.41. The van der Waals surface area contributed by atoms with E-state index in [0.717, 1.165) is 6.42 Å². The number of Topliss-reactive ketones (excluding diaryl/α,β-unsaturated/α-hetero) is 1. The second-order valence-electron chi connectivity index (χ2n) is 6.29. The second kappa shape index (κ2) is 26.5. The van der Waals surface area contributed by atoms with Crippen LogP contribution in [-0.2, 0) is 23.9 Å². The summed E-state index contributed by atoms with van der Waals surface area (Å²) in [6.07, 6.45) is 2.69. The fraction of sp³-hybridized carbons (Fsp3) is 0.864. The summed E-state index contributed by atoms with van der Waals surface area (Å²) in [5.74, 6) is -0.411. The van der Waals surface area contributed by atoms with Crippen LogP contribution in [0.3, 0.4) is 0 Å². The van der Waals surface area contributed by atoms with Gasteiger partial charge in [-0.3, -0.25) is 14.4 Å². The van der Waals surface area contributed by atoms with Crippen LogP contribution >= 0.6 is 0 Å². The Morgan fingerprint density at radius 2 is 1.55 bits per heavy atom. The topological polar surface area (TPSA) is 132 Å². The molecule has 0 radical (unpaired) electrons. The van der Waals surface area contributed by atoms with Crippen molar-refractivity contribution in [3.63, 3.8) is 0 Å². The third-order valence-electron chi connectivity index (χ3n) is 4.07. The van der Waals surface area contributed by atoms with E-state index in [0.29, 0.717) is 52.2 Å². The van der Waals surface area contributed by atoms with E-state index in [1.165, 1.54) is 6.92 Å². The molecule has 0 aromatic carbocycles. The molecular weight excluding hydrogens is 400 g/mol. The molecule has 2 unspecified atom stereocenters. The number of hydrogen-bond donors (Lipinski definition) is 4. The predicted octanol–water partition coefficient (Wildman–Crippen LogP) is 1.88. The van der Waals surface area contributed by atoms with Gasteiger partial charge in [-0.25, -0.2) is 0 Å². The molecule has 9 heteroatoms. The SMILES string of the molecule is C.C.C.C.CNC(CCCN)C(=O)NC(CCCNC(=O)CCOCCOC)C(C)=O. The standard InChI is InChI=1S/C18H36N4O5.4CH4/c1-14(23)15(22-18(25)16(20-2)6-4-9-19)7-5-10-21-17(24)8-11-27-13-12-26-3;;;;/h15-16,20H,4-13,19H2,1-3H3,(H,21,24)(H,22,25);4*1H4. The zero-order chi connectivity index (χ0) is 20.5. The molecule has 0 bridgehead atoms. The minimum Gasteiger partial charge on any atom is -0.382 e. The Balaban J connectivity index is -0.000000563. The second-order valence-corrected chi connectivity index (χ2v) is 6.29. The van der Waals surface area contributed by atoms with E-state index in [1.54, 1.807) is 14.2 Å². The maximum Gasteiger partial charge on any atom is 0.237 e. The van der Waals surface area contributed by atoms with Gasteiger partial charge in [0.2, 0.25) is 11.8 Å². The van der Waals surface area contributed by atoms with Crippen molar-refractivity contribution in [2.75, 3.05) is 47.1 Å². The molecule has 0 aromatic rings. The molecule has 0 aromatic heterocycles. The Hall–Kier alpha value is -1.55. The number of likely N-dealkylation sites (N-methyl/N-ethyl adjacent to an activating group) is 1.